The van der Waals surface area contributed by atoms with Crippen LogP contribution in [-0.2, 0) is 11.3 Å². The van der Waals surface area contributed by atoms with E-state index < -0.39 is 0 Å². The maximum Gasteiger partial charge on any atom is 0.234 e. The third kappa shape index (κ3) is 3.99. The van der Waals surface area contributed by atoms with E-state index in [-0.39, 0.29) is 5.91 Å². The molecule has 4 heteroatoms. The lowest BCUT2D eigenvalue weighted by Gasteiger charge is -2.10. The summed E-state index contributed by atoms with van der Waals surface area (Å²) in [6.07, 6.45) is 0. The highest BCUT2D eigenvalue weighted by Crippen LogP contribution is 2.09. The molecule has 0 radical (unpaired) electrons. The fourth-order valence-corrected chi connectivity index (χ4v) is 1.23. The number of hydrogen-bond acceptors (Lipinski definition) is 3. The van der Waals surface area contributed by atoms with E-state index in [1.807, 2.05) is 43.3 Å². The molecule has 1 rings (SSSR count). The molecular formula is C11H17N3O. The molecule has 4 nitrogen and oxygen atoms in total. The molecule has 1 aromatic rings. The number of nitrogens with two attached hydrogens (primary N) is 1. The molecule has 0 aliphatic rings. The maximum atomic E-state index is 11.3. The Kier molecular flexibility index (Phi) is 4.12. The van der Waals surface area contributed by atoms with Gasteiger partial charge in [-0.05, 0) is 25.7 Å². The van der Waals surface area contributed by atoms with Crippen molar-refractivity contribution >= 4 is 11.6 Å². The first-order valence-corrected chi connectivity index (χ1v) is 4.84. The van der Waals surface area contributed by atoms with Gasteiger partial charge in [0.25, 0.3) is 0 Å². The molecule has 0 saturated carbocycles. The summed E-state index contributed by atoms with van der Waals surface area (Å²) in [4.78, 5) is 13.2. The lowest BCUT2D eigenvalue weighted by atomic mass is 10.2. The molecule has 0 atom stereocenters. The highest BCUT2D eigenvalue weighted by atomic mass is 16.1. The van der Waals surface area contributed by atoms with E-state index in [2.05, 4.69) is 5.32 Å². The predicted octanol–water partition coefficient (Wildman–Crippen LogP) is 0.447. The first-order valence-electron chi connectivity index (χ1n) is 4.84. The summed E-state index contributed by atoms with van der Waals surface area (Å²) in [6, 6.07) is 7.52. The third-order valence-electron chi connectivity index (χ3n) is 1.99. The van der Waals surface area contributed by atoms with E-state index in [9.17, 15) is 4.79 Å². The van der Waals surface area contributed by atoms with Crippen LogP contribution in [0.2, 0.25) is 0 Å². The second-order valence-electron chi connectivity index (χ2n) is 3.71. The lowest BCUT2D eigenvalue weighted by Crippen LogP contribution is -2.32. The summed E-state index contributed by atoms with van der Waals surface area (Å²) in [7, 11) is 3.72. The van der Waals surface area contributed by atoms with E-state index in [1.165, 1.54) is 0 Å². The van der Waals surface area contributed by atoms with Crippen molar-refractivity contribution in [2.24, 2.45) is 0 Å². The molecule has 0 bridgehead atoms. The van der Waals surface area contributed by atoms with Gasteiger partial charge in [0.15, 0.2) is 0 Å². The van der Waals surface area contributed by atoms with Crippen LogP contribution in [0.1, 0.15) is 5.56 Å². The maximum absolute atomic E-state index is 11.3. The zero-order valence-corrected chi connectivity index (χ0v) is 9.16. The van der Waals surface area contributed by atoms with Gasteiger partial charge < -0.3 is 16.0 Å². The van der Waals surface area contributed by atoms with Gasteiger partial charge in [0.1, 0.15) is 0 Å². The minimum Gasteiger partial charge on any atom is -0.398 e. The number of para-hydroxylation sites is 1. The number of hydrogen-bond donors (Lipinski definition) is 2. The number of nitrogens with one attached hydrogen (secondary N) is 1. The fraction of sp³-hybridized carbons (Fsp3) is 0.364. The molecule has 3 N–H and O–H groups in total. The standard InChI is InChI=1S/C11H17N3O/c1-14(2)8-11(15)13-7-9-5-3-4-6-10(9)12/h3-6H,7-8,12H2,1-2H3,(H,13,15). The SMILES string of the molecule is CN(C)CC(=O)NCc1ccccc1N. The van der Waals surface area contributed by atoms with Crippen LogP contribution in [0.5, 0.6) is 0 Å². The Morgan fingerprint density at radius 2 is 2.07 bits per heavy atom. The molecule has 0 heterocycles. The van der Waals surface area contributed by atoms with Crippen molar-refractivity contribution in [2.45, 2.75) is 6.54 Å². The number of anilines is 1. The Morgan fingerprint density at radius 3 is 2.67 bits per heavy atom. The molecule has 0 saturated heterocycles. The number of rotatable bonds is 4. The van der Waals surface area contributed by atoms with E-state index in [0.29, 0.717) is 18.8 Å². The number of likely N-dealkylation sites (N-methyl/N-ethyl adjacent to an activating group) is 1. The largest absolute Gasteiger partial charge is 0.398 e. The fourth-order valence-electron chi connectivity index (χ4n) is 1.23. The summed E-state index contributed by atoms with van der Waals surface area (Å²) in [6.45, 7) is 0.881. The summed E-state index contributed by atoms with van der Waals surface area (Å²) < 4.78 is 0. The topological polar surface area (TPSA) is 58.4 Å². The average Bonchev–Trinajstić information content (AvgIpc) is 2.15. The summed E-state index contributed by atoms with van der Waals surface area (Å²) in [5, 5.41) is 2.81. The number of amides is 1. The number of carbonyl (C=O) groups excluding carboxylic acids is 1. The Bertz CT molecular complexity index is 336. The average molecular weight is 207 g/mol. The molecule has 0 aliphatic carbocycles. The Hall–Kier alpha value is -1.55. The zero-order valence-electron chi connectivity index (χ0n) is 9.16. The second-order valence-corrected chi connectivity index (χ2v) is 3.71. The van der Waals surface area contributed by atoms with Crippen LogP contribution in [0.25, 0.3) is 0 Å². The van der Waals surface area contributed by atoms with E-state index >= 15 is 0 Å². The van der Waals surface area contributed by atoms with Crippen LogP contribution in [-0.4, -0.2) is 31.4 Å². The van der Waals surface area contributed by atoms with Gasteiger partial charge in [-0.3, -0.25) is 4.79 Å². The second kappa shape index (κ2) is 5.36. The van der Waals surface area contributed by atoms with Crippen molar-refractivity contribution in [1.29, 1.82) is 0 Å². The van der Waals surface area contributed by atoms with Gasteiger partial charge in [0.05, 0.1) is 6.54 Å². The van der Waals surface area contributed by atoms with Gasteiger partial charge in [-0.2, -0.15) is 0 Å². The van der Waals surface area contributed by atoms with Crippen LogP contribution in [0.3, 0.4) is 0 Å². The smallest absolute Gasteiger partial charge is 0.234 e. The van der Waals surface area contributed by atoms with Crippen LogP contribution in [0.15, 0.2) is 24.3 Å². The van der Waals surface area contributed by atoms with Crippen molar-refractivity contribution < 1.29 is 4.79 Å². The van der Waals surface area contributed by atoms with E-state index in [1.54, 1.807) is 0 Å². The van der Waals surface area contributed by atoms with Crippen molar-refractivity contribution in [3.05, 3.63) is 29.8 Å². The van der Waals surface area contributed by atoms with Crippen molar-refractivity contribution in [3.8, 4) is 0 Å². The zero-order chi connectivity index (χ0) is 11.3. The van der Waals surface area contributed by atoms with Gasteiger partial charge in [-0.1, -0.05) is 18.2 Å². The third-order valence-corrected chi connectivity index (χ3v) is 1.99. The van der Waals surface area contributed by atoms with Crippen molar-refractivity contribution in [2.75, 3.05) is 26.4 Å². The van der Waals surface area contributed by atoms with Crippen LogP contribution < -0.4 is 11.1 Å². The monoisotopic (exact) mass is 207 g/mol. The van der Waals surface area contributed by atoms with Crippen LogP contribution >= 0.6 is 0 Å². The Labute approximate surface area is 90.1 Å². The molecule has 1 aromatic carbocycles. The number of nitrogens with zero attached hydrogens (tertiary/aromatic N) is 1. The van der Waals surface area contributed by atoms with Crippen LogP contribution in [0, 0.1) is 0 Å². The molecule has 0 aliphatic heterocycles. The van der Waals surface area contributed by atoms with Gasteiger partial charge in [0, 0.05) is 12.2 Å². The highest BCUT2D eigenvalue weighted by Gasteiger charge is 2.03. The molecule has 82 valence electrons. The molecule has 0 spiro atoms. The van der Waals surface area contributed by atoms with Gasteiger partial charge in [-0.15, -0.1) is 0 Å². The van der Waals surface area contributed by atoms with Crippen LogP contribution in [0.4, 0.5) is 5.69 Å². The minimum absolute atomic E-state index is 0.00301. The summed E-state index contributed by atoms with van der Waals surface area (Å²) in [5.74, 6) is 0.00301. The summed E-state index contributed by atoms with van der Waals surface area (Å²) >= 11 is 0. The van der Waals surface area contributed by atoms with Gasteiger partial charge >= 0.3 is 0 Å². The lowest BCUT2D eigenvalue weighted by molar-refractivity contribution is -0.121. The Morgan fingerprint density at radius 1 is 1.40 bits per heavy atom. The quantitative estimate of drug-likeness (QED) is 0.705. The number of carbonyl (C=O) groups is 1. The predicted molar refractivity (Wildman–Crippen MR) is 61.3 cm³/mol. The van der Waals surface area contributed by atoms with E-state index in [4.69, 9.17) is 5.73 Å². The first-order chi connectivity index (χ1) is 7.09. The number of benzene rings is 1. The van der Waals surface area contributed by atoms with Gasteiger partial charge in [0.2, 0.25) is 5.91 Å². The first kappa shape index (κ1) is 11.5. The number of nitrogen functional groups attached to an aromatic ring is 1. The molecule has 0 unspecified atom stereocenters. The normalized spacial score (nSPS) is 10.3. The highest BCUT2D eigenvalue weighted by molar-refractivity contribution is 5.78. The molecule has 15 heavy (non-hydrogen) atoms. The molecule has 0 aromatic heterocycles. The molecule has 1 amide bonds. The minimum atomic E-state index is 0.00301. The van der Waals surface area contributed by atoms with Crippen molar-refractivity contribution in [1.82, 2.24) is 10.2 Å². The summed E-state index contributed by atoms with van der Waals surface area (Å²) in [5.41, 5.74) is 7.41. The van der Waals surface area contributed by atoms with Crippen molar-refractivity contribution in [3.63, 3.8) is 0 Å². The van der Waals surface area contributed by atoms with E-state index in [0.717, 1.165) is 5.56 Å². The van der Waals surface area contributed by atoms with Gasteiger partial charge in [-0.25, -0.2) is 0 Å². The molecule has 0 fully saturated rings. The molecular weight excluding hydrogens is 190 g/mol. The Balaban J connectivity index is 2.44.